The van der Waals surface area contributed by atoms with Gasteiger partial charge in [-0.05, 0) is 25.3 Å². The number of aldehydes is 2. The maximum absolute atomic E-state index is 10.1. The number of rotatable bonds is 13. The van der Waals surface area contributed by atoms with Crippen molar-refractivity contribution in [3.8, 4) is 0 Å². The standard InChI is InChI=1S/C10H16O.C10H20O/c1-3-4-5-6-7-8-10(2)9-11;1-2-3-4-5-6-7-8-9-10-11/h6-9H,3-5H2,1-2H3;10H,2-9H2,1H3. The SMILES string of the molecule is CCCCC=CC=C(C)C=O.CCCCCCCCCC=O. The lowest BCUT2D eigenvalue weighted by molar-refractivity contribution is -0.108. The number of hydrogen-bond acceptors (Lipinski definition) is 2. The Labute approximate surface area is 138 Å². The summed E-state index contributed by atoms with van der Waals surface area (Å²) >= 11 is 0. The van der Waals surface area contributed by atoms with Crippen LogP contribution in [0.2, 0.25) is 0 Å². The van der Waals surface area contributed by atoms with Gasteiger partial charge in [-0.3, -0.25) is 4.79 Å². The third kappa shape index (κ3) is 23.9. The molecule has 0 radical (unpaired) electrons. The Kier molecular flexibility index (Phi) is 23.2. The number of carbonyl (C=O) groups excluding carboxylic acids is 2. The summed E-state index contributed by atoms with van der Waals surface area (Å²) in [5.41, 5.74) is 0.776. The smallest absolute Gasteiger partial charge is 0.145 e. The molecule has 0 heterocycles. The van der Waals surface area contributed by atoms with Gasteiger partial charge in [-0.15, -0.1) is 0 Å². The first-order valence-electron chi connectivity index (χ1n) is 8.95. The Hall–Kier alpha value is -1.18. The third-order valence-electron chi connectivity index (χ3n) is 3.33. The van der Waals surface area contributed by atoms with E-state index in [0.29, 0.717) is 0 Å². The normalized spacial score (nSPS) is 11.1. The zero-order chi connectivity index (χ0) is 16.9. The van der Waals surface area contributed by atoms with Crippen molar-refractivity contribution in [1.82, 2.24) is 0 Å². The summed E-state index contributed by atoms with van der Waals surface area (Å²) in [6.07, 6.45) is 21.1. The Bertz CT molecular complexity index is 290. The fraction of sp³-hybridized carbons (Fsp3) is 0.700. The first-order chi connectivity index (χ1) is 10.7. The molecule has 0 saturated heterocycles. The van der Waals surface area contributed by atoms with Crippen LogP contribution in [0.15, 0.2) is 23.8 Å². The van der Waals surface area contributed by atoms with Gasteiger partial charge in [0.1, 0.15) is 12.6 Å². The maximum atomic E-state index is 10.1. The molecular weight excluding hydrogens is 272 g/mol. The molecule has 0 aromatic heterocycles. The van der Waals surface area contributed by atoms with Gasteiger partial charge >= 0.3 is 0 Å². The maximum Gasteiger partial charge on any atom is 0.145 e. The highest BCUT2D eigenvalue weighted by molar-refractivity contribution is 5.72. The van der Waals surface area contributed by atoms with Gasteiger partial charge in [-0.1, -0.05) is 83.4 Å². The minimum atomic E-state index is 0.758. The monoisotopic (exact) mass is 308 g/mol. The summed E-state index contributed by atoms with van der Waals surface area (Å²) in [6.45, 7) is 6.20. The zero-order valence-corrected chi connectivity index (χ0v) is 15.0. The van der Waals surface area contributed by atoms with E-state index >= 15 is 0 Å². The van der Waals surface area contributed by atoms with E-state index in [9.17, 15) is 9.59 Å². The van der Waals surface area contributed by atoms with Gasteiger partial charge in [-0.2, -0.15) is 0 Å². The van der Waals surface area contributed by atoms with Gasteiger partial charge in [0.2, 0.25) is 0 Å². The van der Waals surface area contributed by atoms with E-state index < -0.39 is 0 Å². The van der Waals surface area contributed by atoms with Gasteiger partial charge in [0.15, 0.2) is 0 Å². The lowest BCUT2D eigenvalue weighted by Crippen LogP contribution is -1.80. The van der Waals surface area contributed by atoms with Crippen molar-refractivity contribution in [2.45, 2.75) is 91.4 Å². The largest absolute Gasteiger partial charge is 0.303 e. The predicted molar refractivity (Wildman–Crippen MR) is 97.2 cm³/mol. The topological polar surface area (TPSA) is 34.1 Å². The van der Waals surface area contributed by atoms with Gasteiger partial charge < -0.3 is 4.79 Å². The van der Waals surface area contributed by atoms with Crippen LogP contribution in [-0.2, 0) is 9.59 Å². The van der Waals surface area contributed by atoms with Crippen molar-refractivity contribution in [2.75, 3.05) is 0 Å². The van der Waals surface area contributed by atoms with Crippen molar-refractivity contribution in [3.63, 3.8) is 0 Å². The fourth-order valence-corrected chi connectivity index (χ4v) is 1.86. The van der Waals surface area contributed by atoms with Crippen LogP contribution >= 0.6 is 0 Å². The molecule has 0 aliphatic heterocycles. The molecule has 0 amide bonds. The average Bonchev–Trinajstić information content (AvgIpc) is 2.54. The molecular formula is C20H36O2. The van der Waals surface area contributed by atoms with E-state index in [1.165, 1.54) is 51.4 Å². The summed E-state index contributed by atoms with van der Waals surface area (Å²) < 4.78 is 0. The van der Waals surface area contributed by atoms with Crippen molar-refractivity contribution < 1.29 is 9.59 Å². The second-order valence-electron chi connectivity index (χ2n) is 5.68. The molecule has 0 aliphatic carbocycles. The highest BCUT2D eigenvalue weighted by Crippen LogP contribution is 2.07. The van der Waals surface area contributed by atoms with Crippen molar-refractivity contribution in [2.24, 2.45) is 0 Å². The fourth-order valence-electron chi connectivity index (χ4n) is 1.86. The van der Waals surface area contributed by atoms with Crippen molar-refractivity contribution >= 4 is 12.6 Å². The molecule has 0 aromatic carbocycles. The van der Waals surface area contributed by atoms with Crippen LogP contribution in [0.1, 0.15) is 91.4 Å². The molecule has 0 saturated carbocycles. The van der Waals surface area contributed by atoms with Gasteiger partial charge in [0.05, 0.1) is 0 Å². The second kappa shape index (κ2) is 22.1. The van der Waals surface area contributed by atoms with Gasteiger partial charge in [-0.25, -0.2) is 0 Å². The lowest BCUT2D eigenvalue weighted by Gasteiger charge is -1.97. The zero-order valence-electron chi connectivity index (χ0n) is 15.0. The Morgan fingerprint density at radius 1 is 0.773 bits per heavy atom. The van der Waals surface area contributed by atoms with Gasteiger partial charge in [0, 0.05) is 6.42 Å². The first-order valence-corrected chi connectivity index (χ1v) is 8.95. The van der Waals surface area contributed by atoms with Gasteiger partial charge in [0.25, 0.3) is 0 Å². The van der Waals surface area contributed by atoms with Crippen LogP contribution in [0, 0.1) is 0 Å². The van der Waals surface area contributed by atoms with E-state index in [0.717, 1.165) is 37.4 Å². The van der Waals surface area contributed by atoms with E-state index in [4.69, 9.17) is 0 Å². The van der Waals surface area contributed by atoms with Crippen LogP contribution in [-0.4, -0.2) is 12.6 Å². The lowest BCUT2D eigenvalue weighted by atomic mass is 10.1. The molecule has 0 rings (SSSR count). The number of unbranched alkanes of at least 4 members (excludes halogenated alkanes) is 9. The average molecular weight is 309 g/mol. The molecule has 0 aromatic rings. The molecule has 0 spiro atoms. The summed E-state index contributed by atoms with van der Waals surface area (Å²) in [5.74, 6) is 0. The molecule has 0 aliphatic rings. The van der Waals surface area contributed by atoms with E-state index in [1.807, 2.05) is 12.2 Å². The van der Waals surface area contributed by atoms with E-state index in [1.54, 1.807) is 6.92 Å². The predicted octanol–water partition coefficient (Wildman–Crippen LogP) is 6.20. The van der Waals surface area contributed by atoms with Crippen LogP contribution < -0.4 is 0 Å². The van der Waals surface area contributed by atoms with Crippen LogP contribution in [0.4, 0.5) is 0 Å². The Balaban J connectivity index is 0. The van der Waals surface area contributed by atoms with Crippen LogP contribution in [0.25, 0.3) is 0 Å². The minimum absolute atomic E-state index is 0.758. The Morgan fingerprint density at radius 3 is 1.91 bits per heavy atom. The molecule has 2 nitrogen and oxygen atoms in total. The molecule has 0 atom stereocenters. The molecule has 0 unspecified atom stereocenters. The third-order valence-corrected chi connectivity index (χ3v) is 3.33. The molecule has 0 N–H and O–H groups in total. The highest BCUT2D eigenvalue weighted by atomic mass is 16.1. The van der Waals surface area contributed by atoms with E-state index in [2.05, 4.69) is 19.9 Å². The molecule has 2 heteroatoms. The summed E-state index contributed by atoms with van der Waals surface area (Å²) in [4.78, 5) is 20.1. The summed E-state index contributed by atoms with van der Waals surface area (Å²) in [6, 6.07) is 0. The second-order valence-corrected chi connectivity index (χ2v) is 5.68. The molecule has 0 bridgehead atoms. The van der Waals surface area contributed by atoms with Crippen LogP contribution in [0.3, 0.4) is 0 Å². The highest BCUT2D eigenvalue weighted by Gasteiger charge is 1.89. The van der Waals surface area contributed by atoms with E-state index in [-0.39, 0.29) is 0 Å². The number of allylic oxidation sites excluding steroid dienone is 4. The summed E-state index contributed by atoms with van der Waals surface area (Å²) in [5, 5.41) is 0. The Morgan fingerprint density at radius 2 is 1.36 bits per heavy atom. The first kappa shape index (κ1) is 23.1. The van der Waals surface area contributed by atoms with Crippen molar-refractivity contribution in [1.29, 1.82) is 0 Å². The van der Waals surface area contributed by atoms with Crippen LogP contribution in [0.5, 0.6) is 0 Å². The molecule has 128 valence electrons. The molecule has 22 heavy (non-hydrogen) atoms. The number of hydrogen-bond donors (Lipinski definition) is 0. The number of carbonyl (C=O) groups is 2. The summed E-state index contributed by atoms with van der Waals surface area (Å²) in [7, 11) is 0. The minimum Gasteiger partial charge on any atom is -0.303 e. The quantitative estimate of drug-likeness (QED) is 0.175. The molecule has 0 fully saturated rings. The van der Waals surface area contributed by atoms with Crippen molar-refractivity contribution in [3.05, 3.63) is 23.8 Å².